The van der Waals surface area contributed by atoms with Gasteiger partial charge in [-0.1, -0.05) is 23.7 Å². The number of aryl methyl sites for hydroxylation is 1. The van der Waals surface area contributed by atoms with Gasteiger partial charge in [-0.3, -0.25) is 9.78 Å². The number of hydrogen-bond donors (Lipinski definition) is 0. The third-order valence-corrected chi connectivity index (χ3v) is 6.90. The fourth-order valence-corrected chi connectivity index (χ4v) is 4.67. The van der Waals surface area contributed by atoms with E-state index in [9.17, 15) is 10.0 Å². The van der Waals surface area contributed by atoms with E-state index in [0.29, 0.717) is 66.8 Å². The Bertz CT molecular complexity index is 1070. The highest BCUT2D eigenvalue weighted by Gasteiger charge is 2.33. The van der Waals surface area contributed by atoms with Crippen molar-refractivity contribution in [2.24, 2.45) is 11.2 Å². The van der Waals surface area contributed by atoms with Crippen LogP contribution in [0.5, 0.6) is 5.75 Å². The highest BCUT2D eigenvalue weighted by molar-refractivity contribution is 6.30. The summed E-state index contributed by atoms with van der Waals surface area (Å²) >= 11 is 6.02. The first-order valence-corrected chi connectivity index (χ1v) is 12.4. The number of halogens is 1. The predicted molar refractivity (Wildman–Crippen MR) is 129 cm³/mol. The Hall–Kier alpha value is -2.91. The van der Waals surface area contributed by atoms with E-state index in [-0.39, 0.29) is 24.1 Å². The van der Waals surface area contributed by atoms with Crippen LogP contribution in [0.2, 0.25) is 5.02 Å². The lowest BCUT2D eigenvalue weighted by Gasteiger charge is -2.25. The van der Waals surface area contributed by atoms with Gasteiger partial charge in [0.1, 0.15) is 12.2 Å². The van der Waals surface area contributed by atoms with Crippen LogP contribution in [0.4, 0.5) is 0 Å². The number of pyridine rings is 1. The SMILES string of the molecule is CCN(CC)/[N+]([O-])=N/O[C@H]1CC[C@H](C(=O)Oc2c(C)ncc3c2CO[C@H]3c2ccc(Cl)cc2)CC1. The van der Waals surface area contributed by atoms with Crippen LogP contribution in [0.25, 0.3) is 0 Å². The van der Waals surface area contributed by atoms with Crippen LogP contribution in [0.3, 0.4) is 0 Å². The lowest BCUT2D eigenvalue weighted by atomic mass is 9.87. The molecule has 1 aliphatic heterocycles. The molecule has 2 aromatic rings. The van der Waals surface area contributed by atoms with E-state index in [1.165, 1.54) is 5.01 Å². The molecule has 188 valence electrons. The molecule has 0 radical (unpaired) electrons. The molecule has 0 bridgehead atoms. The lowest BCUT2D eigenvalue weighted by Crippen LogP contribution is -2.32. The maximum atomic E-state index is 13.0. The first-order chi connectivity index (χ1) is 16.9. The number of esters is 1. The molecule has 1 fully saturated rings. The average Bonchev–Trinajstić information content (AvgIpc) is 3.30. The van der Waals surface area contributed by atoms with Gasteiger partial charge in [-0.05, 0) is 64.2 Å². The number of hydrazine groups is 1. The molecule has 4 rings (SSSR count). The van der Waals surface area contributed by atoms with Gasteiger partial charge in [0.25, 0.3) is 0 Å². The Balaban J connectivity index is 1.38. The Morgan fingerprint density at radius 3 is 2.57 bits per heavy atom. The predicted octanol–water partition coefficient (Wildman–Crippen LogP) is 5.28. The molecule has 2 aliphatic rings. The molecule has 1 aromatic carbocycles. The molecule has 1 aliphatic carbocycles. The third kappa shape index (κ3) is 5.67. The molecule has 0 spiro atoms. The Morgan fingerprint density at radius 1 is 1.23 bits per heavy atom. The number of rotatable bonds is 8. The second kappa shape index (κ2) is 11.2. The molecular weight excluding hydrogens is 472 g/mol. The zero-order valence-corrected chi connectivity index (χ0v) is 21.0. The van der Waals surface area contributed by atoms with E-state index in [1.54, 1.807) is 6.20 Å². The quantitative estimate of drug-likeness (QED) is 0.209. The Kier molecular flexibility index (Phi) is 8.07. The van der Waals surface area contributed by atoms with E-state index in [1.807, 2.05) is 45.0 Å². The maximum Gasteiger partial charge on any atom is 0.314 e. The van der Waals surface area contributed by atoms with Crippen LogP contribution in [-0.2, 0) is 21.0 Å². The standard InChI is InChI=1S/C25H31ClN4O5/c1-4-29(5-2)30(32)28-35-20-12-8-18(9-13-20)25(31)34-23-16(3)27-14-21-22(23)15-33-24(21)17-6-10-19(26)11-7-17/h6-7,10-11,14,18,20,24H,4-5,8-9,12-13,15H2,1-3H3/b30-28-/t18-,20-,24-/m0/s1. The topological polar surface area (TPSA) is 99.3 Å². The van der Waals surface area contributed by atoms with Crippen LogP contribution >= 0.6 is 11.6 Å². The number of carbonyl (C=O) groups excluding carboxylic acids is 1. The second-order valence-electron chi connectivity index (χ2n) is 8.82. The van der Waals surface area contributed by atoms with Crippen LogP contribution in [0.15, 0.2) is 35.7 Å². The first kappa shape index (κ1) is 25.2. The molecule has 2 heterocycles. The molecule has 1 aromatic heterocycles. The van der Waals surface area contributed by atoms with Gasteiger partial charge in [-0.15, -0.1) is 5.01 Å². The Morgan fingerprint density at radius 2 is 1.91 bits per heavy atom. The highest BCUT2D eigenvalue weighted by Crippen LogP contribution is 2.41. The zero-order chi connectivity index (χ0) is 24.9. The monoisotopic (exact) mass is 502 g/mol. The molecule has 0 N–H and O–H groups in total. The van der Waals surface area contributed by atoms with Crippen LogP contribution in [0.1, 0.15) is 68.0 Å². The number of benzene rings is 1. The summed E-state index contributed by atoms with van der Waals surface area (Å²) < 4.78 is 11.9. The van der Waals surface area contributed by atoms with E-state index in [4.69, 9.17) is 25.9 Å². The van der Waals surface area contributed by atoms with Crippen molar-refractivity contribution in [3.8, 4) is 5.75 Å². The van der Waals surface area contributed by atoms with Crippen molar-refractivity contribution < 1.29 is 24.1 Å². The van der Waals surface area contributed by atoms with Gasteiger partial charge in [0.05, 0.1) is 36.3 Å². The van der Waals surface area contributed by atoms with Crippen LogP contribution < -0.4 is 4.74 Å². The van der Waals surface area contributed by atoms with Crippen molar-refractivity contribution in [2.45, 2.75) is 65.3 Å². The normalized spacial score (nSPS) is 21.9. The molecule has 1 atom stereocenters. The summed E-state index contributed by atoms with van der Waals surface area (Å²) in [4.78, 5) is 23.4. The van der Waals surface area contributed by atoms with Crippen LogP contribution in [-0.4, -0.2) is 40.1 Å². The smallest absolute Gasteiger partial charge is 0.314 e. The highest BCUT2D eigenvalue weighted by atomic mass is 35.5. The number of nitrogens with zero attached hydrogens (tertiary/aromatic N) is 4. The zero-order valence-electron chi connectivity index (χ0n) is 20.3. The van der Waals surface area contributed by atoms with Gasteiger partial charge in [0.2, 0.25) is 5.28 Å². The van der Waals surface area contributed by atoms with Crippen molar-refractivity contribution in [1.82, 2.24) is 9.99 Å². The molecule has 1 saturated carbocycles. The van der Waals surface area contributed by atoms with Gasteiger partial charge in [0.15, 0.2) is 5.75 Å². The minimum absolute atomic E-state index is 0.191. The molecule has 9 nitrogen and oxygen atoms in total. The number of carbonyl (C=O) groups is 1. The van der Waals surface area contributed by atoms with Crippen molar-refractivity contribution in [2.75, 3.05) is 13.1 Å². The molecular formula is C25H31ClN4O5. The van der Waals surface area contributed by atoms with Crippen molar-refractivity contribution in [3.05, 3.63) is 63.1 Å². The molecule has 0 amide bonds. The van der Waals surface area contributed by atoms with Crippen LogP contribution in [0, 0.1) is 18.0 Å². The molecule has 35 heavy (non-hydrogen) atoms. The van der Waals surface area contributed by atoms with Crippen molar-refractivity contribution in [1.29, 1.82) is 0 Å². The fourth-order valence-electron chi connectivity index (χ4n) is 4.54. The minimum atomic E-state index is -0.277. The van der Waals surface area contributed by atoms with Gasteiger partial charge in [0, 0.05) is 22.3 Å². The molecule has 10 heteroatoms. The summed E-state index contributed by atoms with van der Waals surface area (Å²) in [6.45, 7) is 7.03. The third-order valence-electron chi connectivity index (χ3n) is 6.65. The number of aromatic nitrogens is 1. The van der Waals surface area contributed by atoms with E-state index in [0.717, 1.165) is 16.7 Å². The number of ether oxygens (including phenoxy) is 2. The van der Waals surface area contributed by atoms with E-state index >= 15 is 0 Å². The Labute approximate surface area is 210 Å². The minimum Gasteiger partial charge on any atom is -0.569 e. The summed E-state index contributed by atoms with van der Waals surface area (Å²) in [7, 11) is 0. The summed E-state index contributed by atoms with van der Waals surface area (Å²) in [5.41, 5.74) is 3.38. The summed E-state index contributed by atoms with van der Waals surface area (Å²) in [6, 6.07) is 7.50. The lowest BCUT2D eigenvalue weighted by molar-refractivity contribution is -0.711. The fraction of sp³-hybridized carbons (Fsp3) is 0.520. The van der Waals surface area contributed by atoms with Gasteiger partial charge < -0.3 is 19.5 Å². The summed E-state index contributed by atoms with van der Waals surface area (Å²) in [5.74, 6) is -0.0357. The average molecular weight is 503 g/mol. The molecule has 0 saturated heterocycles. The summed E-state index contributed by atoms with van der Waals surface area (Å²) in [6.07, 6.45) is 3.79. The number of hydrogen-bond acceptors (Lipinski definition) is 7. The molecule has 0 unspecified atom stereocenters. The largest absolute Gasteiger partial charge is 0.569 e. The van der Waals surface area contributed by atoms with Gasteiger partial charge in [-0.2, -0.15) is 0 Å². The number of fused-ring (bicyclic) bond motifs is 1. The van der Waals surface area contributed by atoms with E-state index < -0.39 is 0 Å². The first-order valence-electron chi connectivity index (χ1n) is 12.1. The van der Waals surface area contributed by atoms with Crippen molar-refractivity contribution in [3.63, 3.8) is 0 Å². The van der Waals surface area contributed by atoms with Gasteiger partial charge >= 0.3 is 5.97 Å². The van der Waals surface area contributed by atoms with Gasteiger partial charge in [-0.25, -0.2) is 0 Å². The second-order valence-corrected chi connectivity index (χ2v) is 9.26. The van der Waals surface area contributed by atoms with E-state index in [2.05, 4.69) is 10.3 Å². The van der Waals surface area contributed by atoms with Crippen molar-refractivity contribution >= 4 is 17.6 Å². The maximum absolute atomic E-state index is 13.0. The summed E-state index contributed by atoms with van der Waals surface area (Å²) in [5, 5.41) is 17.8.